The zero-order valence-electron chi connectivity index (χ0n) is 13.7. The van der Waals surface area contributed by atoms with Crippen LogP contribution in [0.4, 0.5) is 0 Å². The van der Waals surface area contributed by atoms with Crippen molar-refractivity contribution < 1.29 is 23.2 Å². The van der Waals surface area contributed by atoms with Gasteiger partial charge in [0.15, 0.2) is 5.78 Å². The number of nitrogens with one attached hydrogen (secondary N) is 1. The fourth-order valence-electron chi connectivity index (χ4n) is 2.26. The number of carbonyl (C=O) groups excluding carboxylic acids is 2. The Morgan fingerprint density at radius 1 is 1.17 bits per heavy atom. The number of carbonyl (C=O) groups is 2. The molecule has 23 heavy (non-hydrogen) atoms. The highest BCUT2D eigenvalue weighted by Gasteiger charge is 2.54. The molecular weight excluding hydrogens is 317 g/mol. The number of hydrogen-bond donors (Lipinski definition) is 1. The van der Waals surface area contributed by atoms with Gasteiger partial charge in [-0.2, -0.15) is 0 Å². The van der Waals surface area contributed by atoms with E-state index in [1.54, 1.807) is 12.2 Å². The molecule has 1 rings (SSSR count). The van der Waals surface area contributed by atoms with Gasteiger partial charge in [-0.3, -0.25) is 14.2 Å². The molecule has 7 heteroatoms. The minimum Gasteiger partial charge on any atom is -0.333 e. The van der Waals surface area contributed by atoms with Crippen molar-refractivity contribution in [3.63, 3.8) is 0 Å². The summed E-state index contributed by atoms with van der Waals surface area (Å²) in [7, 11) is -1.52. The summed E-state index contributed by atoms with van der Waals surface area (Å²) >= 11 is 0. The van der Waals surface area contributed by atoms with E-state index in [9.17, 15) is 14.2 Å². The molecule has 0 unspecified atom stereocenters. The lowest BCUT2D eigenvalue weighted by molar-refractivity contribution is -0.127. The van der Waals surface area contributed by atoms with Crippen LogP contribution < -0.4 is 5.32 Å². The monoisotopic (exact) mass is 339 g/mol. The highest BCUT2D eigenvalue weighted by atomic mass is 31.2. The molecule has 0 aliphatic carbocycles. The Bertz CT molecular complexity index is 621. The summed E-state index contributed by atoms with van der Waals surface area (Å²) in [5.41, 5.74) is 0.914. The van der Waals surface area contributed by atoms with E-state index in [4.69, 9.17) is 9.05 Å². The highest BCUT2D eigenvalue weighted by molar-refractivity contribution is 7.56. The molecule has 1 atom stereocenters. The molecule has 0 fully saturated rings. The quantitative estimate of drug-likeness (QED) is 0.736. The van der Waals surface area contributed by atoms with Gasteiger partial charge in [0.2, 0.25) is 11.2 Å². The summed E-state index contributed by atoms with van der Waals surface area (Å²) in [4.78, 5) is 23.8. The van der Waals surface area contributed by atoms with Crippen molar-refractivity contribution in [1.29, 1.82) is 0 Å². The summed E-state index contributed by atoms with van der Waals surface area (Å²) in [5.74, 6) is -1.000. The molecule has 0 saturated carbocycles. The van der Waals surface area contributed by atoms with E-state index in [1.165, 1.54) is 28.1 Å². The number of amides is 1. The van der Waals surface area contributed by atoms with Gasteiger partial charge in [-0.05, 0) is 12.5 Å². The second-order valence-electron chi connectivity index (χ2n) is 4.98. The van der Waals surface area contributed by atoms with Crippen LogP contribution in [0.5, 0.6) is 0 Å². The molecule has 1 aromatic rings. The van der Waals surface area contributed by atoms with Crippen LogP contribution in [-0.2, 0) is 23.2 Å². The van der Waals surface area contributed by atoms with E-state index < -0.39 is 24.6 Å². The zero-order chi connectivity index (χ0) is 17.5. The molecule has 0 saturated heterocycles. The van der Waals surface area contributed by atoms with Crippen LogP contribution in [0.1, 0.15) is 25.8 Å². The molecule has 0 bridgehead atoms. The van der Waals surface area contributed by atoms with Gasteiger partial charge in [-0.15, -0.1) is 0 Å². The third-order valence-corrected chi connectivity index (χ3v) is 5.94. The SMILES string of the molecule is COP(=O)(OC)[C@](C/C=C/c1ccccc1)(NC(C)=O)C(C)=O. The van der Waals surface area contributed by atoms with Crippen LogP contribution in [0.15, 0.2) is 36.4 Å². The lowest BCUT2D eigenvalue weighted by Crippen LogP contribution is -2.53. The van der Waals surface area contributed by atoms with Crippen molar-refractivity contribution in [1.82, 2.24) is 5.32 Å². The molecule has 1 aromatic carbocycles. The summed E-state index contributed by atoms with van der Waals surface area (Å²) < 4.78 is 22.8. The molecule has 1 N–H and O–H groups in total. The number of Topliss-reactive ketones (excluding diaryl/α,β-unsaturated/α-hetero) is 1. The van der Waals surface area contributed by atoms with E-state index in [1.807, 2.05) is 30.3 Å². The van der Waals surface area contributed by atoms with Crippen LogP contribution in [0.2, 0.25) is 0 Å². The fourth-order valence-corrected chi connectivity index (χ4v) is 4.04. The van der Waals surface area contributed by atoms with Gasteiger partial charge in [0.05, 0.1) is 0 Å². The molecule has 0 aliphatic rings. The Labute approximate surface area is 136 Å². The van der Waals surface area contributed by atoms with Gasteiger partial charge in [-0.25, -0.2) is 0 Å². The van der Waals surface area contributed by atoms with Crippen molar-refractivity contribution in [2.24, 2.45) is 0 Å². The van der Waals surface area contributed by atoms with Crippen LogP contribution in [0, 0.1) is 0 Å². The van der Waals surface area contributed by atoms with Gasteiger partial charge in [0, 0.05) is 27.6 Å². The molecule has 0 heterocycles. The Morgan fingerprint density at radius 2 is 1.74 bits per heavy atom. The summed E-state index contributed by atoms with van der Waals surface area (Å²) in [5, 5.41) is 0.712. The minimum absolute atomic E-state index is 0.0181. The normalized spacial score (nSPS) is 14.4. The van der Waals surface area contributed by atoms with Crippen LogP contribution in [0.25, 0.3) is 6.08 Å². The van der Waals surface area contributed by atoms with Gasteiger partial charge in [0.25, 0.3) is 0 Å². The summed E-state index contributed by atoms with van der Waals surface area (Å²) in [6.45, 7) is 2.49. The Kier molecular flexibility index (Phi) is 6.88. The first kappa shape index (κ1) is 19.3. The Balaban J connectivity index is 3.22. The zero-order valence-corrected chi connectivity index (χ0v) is 14.6. The topological polar surface area (TPSA) is 81.7 Å². The number of rotatable bonds is 8. The lowest BCUT2D eigenvalue weighted by atomic mass is 10.1. The predicted molar refractivity (Wildman–Crippen MR) is 88.9 cm³/mol. The Hall–Kier alpha value is -1.75. The molecule has 0 aliphatic heterocycles. The van der Waals surface area contributed by atoms with Gasteiger partial charge in [0.1, 0.15) is 0 Å². The van der Waals surface area contributed by atoms with Crippen molar-refractivity contribution in [3.05, 3.63) is 42.0 Å². The average Bonchev–Trinajstić information content (AvgIpc) is 2.53. The number of ketones is 1. The maximum Gasteiger partial charge on any atom is 0.363 e. The van der Waals surface area contributed by atoms with Crippen molar-refractivity contribution in [2.45, 2.75) is 25.5 Å². The second kappa shape index (κ2) is 8.20. The summed E-state index contributed by atoms with van der Waals surface area (Å²) in [6.07, 6.45) is 3.42. The molecule has 0 spiro atoms. The first-order valence-corrected chi connectivity index (χ1v) is 8.58. The van der Waals surface area contributed by atoms with Gasteiger partial charge < -0.3 is 14.4 Å². The largest absolute Gasteiger partial charge is 0.363 e. The number of benzene rings is 1. The fraction of sp³-hybridized carbons (Fsp3) is 0.375. The predicted octanol–water partition coefficient (Wildman–Crippen LogP) is 3.00. The van der Waals surface area contributed by atoms with Crippen LogP contribution >= 0.6 is 7.60 Å². The van der Waals surface area contributed by atoms with Crippen LogP contribution in [0.3, 0.4) is 0 Å². The molecule has 0 radical (unpaired) electrons. The summed E-state index contributed by atoms with van der Waals surface area (Å²) in [6, 6.07) is 9.41. The average molecular weight is 339 g/mol. The van der Waals surface area contributed by atoms with E-state index in [2.05, 4.69) is 5.32 Å². The Morgan fingerprint density at radius 3 is 2.17 bits per heavy atom. The maximum absolute atomic E-state index is 12.9. The lowest BCUT2D eigenvalue weighted by Gasteiger charge is -2.35. The minimum atomic E-state index is -3.89. The van der Waals surface area contributed by atoms with Crippen molar-refractivity contribution >= 4 is 25.4 Å². The van der Waals surface area contributed by atoms with E-state index in [0.717, 1.165) is 5.56 Å². The van der Waals surface area contributed by atoms with Gasteiger partial charge >= 0.3 is 7.60 Å². The highest BCUT2D eigenvalue weighted by Crippen LogP contribution is 2.59. The van der Waals surface area contributed by atoms with Crippen molar-refractivity contribution in [3.8, 4) is 0 Å². The van der Waals surface area contributed by atoms with E-state index >= 15 is 0 Å². The third kappa shape index (κ3) is 4.38. The van der Waals surface area contributed by atoms with E-state index in [0.29, 0.717) is 0 Å². The van der Waals surface area contributed by atoms with Crippen molar-refractivity contribution in [2.75, 3.05) is 14.2 Å². The smallest absolute Gasteiger partial charge is 0.333 e. The first-order valence-electron chi connectivity index (χ1n) is 7.04. The number of hydrogen-bond acceptors (Lipinski definition) is 5. The standard InChI is InChI=1S/C16H22NO5P/c1-13(18)16(17-14(2)19,23(20,21-3)22-4)12-8-11-15-9-6-5-7-10-15/h5-11H,12H2,1-4H3,(H,17,19)/b11-8+/t16-/m0/s1. The second-order valence-corrected chi connectivity index (χ2v) is 7.47. The molecular formula is C16H22NO5P. The molecule has 6 nitrogen and oxygen atoms in total. The first-order chi connectivity index (χ1) is 10.8. The molecule has 0 aromatic heterocycles. The van der Waals surface area contributed by atoms with Gasteiger partial charge in [-0.1, -0.05) is 42.5 Å². The maximum atomic E-state index is 12.9. The molecule has 1 amide bonds. The third-order valence-electron chi connectivity index (χ3n) is 3.44. The van der Waals surface area contributed by atoms with Crippen LogP contribution in [-0.4, -0.2) is 31.2 Å². The van der Waals surface area contributed by atoms with E-state index in [-0.39, 0.29) is 6.42 Å². The molecule has 126 valence electrons.